The Labute approximate surface area is 122 Å². The van der Waals surface area contributed by atoms with Gasteiger partial charge >= 0.3 is 19.8 Å². The van der Waals surface area contributed by atoms with E-state index in [2.05, 4.69) is 9.05 Å². The molecule has 21 heavy (non-hydrogen) atoms. The van der Waals surface area contributed by atoms with Crippen LogP contribution < -0.4 is 0 Å². The maximum atomic E-state index is 12.1. The molecular weight excluding hydrogens is 305 g/mol. The van der Waals surface area contributed by atoms with E-state index < -0.39 is 31.3 Å². The molecule has 0 bridgehead atoms. The number of likely N-dealkylation sites (N-methyl/N-ethyl adjacent to an activating group) is 1. The monoisotopic (exact) mass is 324 g/mol. The smallest absolute Gasteiger partial charge is 0.355 e. The zero-order chi connectivity index (χ0) is 16.8. The Kier molecular flexibility index (Phi) is 6.89. The summed E-state index contributed by atoms with van der Waals surface area (Å²) in [6, 6.07) is 0. The second-order valence-electron chi connectivity index (χ2n) is 5.16. The molecule has 0 aromatic carbocycles. The van der Waals surface area contributed by atoms with Gasteiger partial charge in [0.25, 0.3) is 0 Å². The fraction of sp³-hybridized carbons (Fsp3) is 0.636. The first-order valence-corrected chi connectivity index (χ1v) is 7.36. The number of quaternary nitrogens is 1. The van der Waals surface area contributed by atoms with Gasteiger partial charge in [-0.05, 0) is 0 Å². The van der Waals surface area contributed by atoms with Crippen molar-refractivity contribution in [2.75, 3.05) is 34.3 Å². The number of phosphoric acid groups is 1. The molecular formula is C11H19NO8P+. The van der Waals surface area contributed by atoms with E-state index in [1.54, 1.807) is 0 Å². The van der Waals surface area contributed by atoms with Crippen molar-refractivity contribution in [3.05, 3.63) is 0 Å². The lowest BCUT2D eigenvalue weighted by Crippen LogP contribution is -2.37. The molecule has 0 aliphatic rings. The van der Waals surface area contributed by atoms with Gasteiger partial charge in [0.2, 0.25) is 11.6 Å². The Morgan fingerprint density at radius 3 is 1.57 bits per heavy atom. The number of Topliss-reactive ketones (excluding diaryl/α,β-unsaturated/α-hetero) is 2. The summed E-state index contributed by atoms with van der Waals surface area (Å²) in [7, 11) is 0.775. The van der Waals surface area contributed by atoms with Gasteiger partial charge in [-0.25, -0.2) is 14.2 Å². The van der Waals surface area contributed by atoms with Crippen molar-refractivity contribution < 1.29 is 41.8 Å². The van der Waals surface area contributed by atoms with Crippen LogP contribution in [-0.4, -0.2) is 62.3 Å². The molecule has 0 heterocycles. The zero-order valence-corrected chi connectivity index (χ0v) is 13.5. The molecule has 0 unspecified atom stereocenters. The lowest BCUT2D eigenvalue weighted by molar-refractivity contribution is -0.870. The number of carbonyl (C=O) groups is 4. The summed E-state index contributed by atoms with van der Waals surface area (Å²) in [5, 5.41) is 0. The van der Waals surface area contributed by atoms with E-state index in [9.17, 15) is 23.7 Å². The molecule has 0 fully saturated rings. The first-order chi connectivity index (χ1) is 9.36. The quantitative estimate of drug-likeness (QED) is 0.350. The molecule has 0 aliphatic carbocycles. The summed E-state index contributed by atoms with van der Waals surface area (Å²) in [5.41, 5.74) is 0. The minimum atomic E-state index is -4.68. The van der Waals surface area contributed by atoms with E-state index in [0.717, 1.165) is 13.8 Å². The fourth-order valence-electron chi connectivity index (χ4n) is 0.829. The van der Waals surface area contributed by atoms with Crippen molar-refractivity contribution in [3.63, 3.8) is 0 Å². The highest BCUT2D eigenvalue weighted by molar-refractivity contribution is 7.50. The molecule has 120 valence electrons. The van der Waals surface area contributed by atoms with Crippen LogP contribution in [0.3, 0.4) is 0 Å². The van der Waals surface area contributed by atoms with Crippen LogP contribution in [-0.2, 0) is 37.3 Å². The number of nitrogens with zero attached hydrogens (tertiary/aromatic N) is 1. The van der Waals surface area contributed by atoms with Crippen LogP contribution in [0.1, 0.15) is 13.8 Å². The van der Waals surface area contributed by atoms with Crippen LogP contribution in [0, 0.1) is 0 Å². The molecule has 0 saturated carbocycles. The number of rotatable bonds is 8. The number of hydrogen-bond acceptors (Lipinski definition) is 8. The lowest BCUT2D eigenvalue weighted by Gasteiger charge is -2.24. The maximum absolute atomic E-state index is 12.1. The molecule has 0 aromatic heterocycles. The second-order valence-corrected chi connectivity index (χ2v) is 6.68. The minimum Gasteiger partial charge on any atom is -0.355 e. The molecule has 0 aromatic rings. The SMILES string of the molecule is CC(=O)C(=O)OP(=O)(OCC[N+](C)(C)C)OC(=O)C(C)=O. The highest BCUT2D eigenvalue weighted by Crippen LogP contribution is 2.49. The Balaban J connectivity index is 4.95. The number of hydrogen-bond donors (Lipinski definition) is 0. The number of ketones is 2. The third-order valence-corrected chi connectivity index (χ3v) is 3.25. The molecule has 10 heteroatoms. The van der Waals surface area contributed by atoms with Crippen LogP contribution in [0.5, 0.6) is 0 Å². The predicted octanol–water partition coefficient (Wildman–Crippen LogP) is 0.0817. The molecule has 0 aliphatic heterocycles. The largest absolute Gasteiger partial charge is 0.592 e. The summed E-state index contributed by atoms with van der Waals surface area (Å²) in [5.74, 6) is -5.08. The predicted molar refractivity (Wildman–Crippen MR) is 70.0 cm³/mol. The Morgan fingerprint density at radius 1 is 0.905 bits per heavy atom. The standard InChI is InChI=1S/C11H19NO8P/c1-8(13)10(15)19-21(17,20-11(16)9(2)14)18-7-6-12(3,4)5/h6-7H2,1-5H3/q+1. The van der Waals surface area contributed by atoms with Gasteiger partial charge in [0.05, 0.1) is 21.1 Å². The molecule has 0 amide bonds. The van der Waals surface area contributed by atoms with Crippen LogP contribution in [0.15, 0.2) is 0 Å². The normalized spacial score (nSPS) is 11.7. The van der Waals surface area contributed by atoms with E-state index in [1.165, 1.54) is 0 Å². The van der Waals surface area contributed by atoms with Crippen molar-refractivity contribution in [2.24, 2.45) is 0 Å². The first-order valence-electron chi connectivity index (χ1n) is 5.90. The Morgan fingerprint density at radius 2 is 1.29 bits per heavy atom. The van der Waals surface area contributed by atoms with Gasteiger partial charge in [0.1, 0.15) is 13.2 Å². The summed E-state index contributed by atoms with van der Waals surface area (Å²) < 4.78 is 25.9. The van der Waals surface area contributed by atoms with E-state index in [-0.39, 0.29) is 6.61 Å². The highest BCUT2D eigenvalue weighted by Gasteiger charge is 2.38. The van der Waals surface area contributed by atoms with Crippen LogP contribution in [0.2, 0.25) is 0 Å². The van der Waals surface area contributed by atoms with Crippen LogP contribution in [0.25, 0.3) is 0 Å². The van der Waals surface area contributed by atoms with Gasteiger partial charge in [0, 0.05) is 13.8 Å². The van der Waals surface area contributed by atoms with Crippen LogP contribution in [0.4, 0.5) is 0 Å². The topological polar surface area (TPSA) is 113 Å². The molecule has 0 spiro atoms. The summed E-state index contributed by atoms with van der Waals surface area (Å²) in [4.78, 5) is 44.0. The average molecular weight is 324 g/mol. The van der Waals surface area contributed by atoms with Crippen molar-refractivity contribution >= 4 is 31.3 Å². The van der Waals surface area contributed by atoms with Crippen molar-refractivity contribution in [1.82, 2.24) is 0 Å². The molecule has 0 rings (SSSR count). The molecule has 0 saturated heterocycles. The Bertz CT molecular complexity index is 461. The highest BCUT2D eigenvalue weighted by atomic mass is 31.2. The van der Waals surface area contributed by atoms with Gasteiger partial charge in [-0.3, -0.25) is 14.1 Å². The molecule has 9 nitrogen and oxygen atoms in total. The van der Waals surface area contributed by atoms with E-state index >= 15 is 0 Å². The van der Waals surface area contributed by atoms with Gasteiger partial charge in [-0.1, -0.05) is 0 Å². The van der Waals surface area contributed by atoms with Gasteiger partial charge in [-0.2, -0.15) is 0 Å². The van der Waals surface area contributed by atoms with Crippen molar-refractivity contribution in [2.45, 2.75) is 13.8 Å². The first kappa shape index (κ1) is 19.4. The lowest BCUT2D eigenvalue weighted by atomic mass is 10.5. The van der Waals surface area contributed by atoms with Gasteiger partial charge < -0.3 is 13.5 Å². The molecule has 0 N–H and O–H groups in total. The minimum absolute atomic E-state index is 0.183. The fourth-order valence-corrected chi connectivity index (χ4v) is 1.94. The summed E-state index contributed by atoms with van der Waals surface area (Å²) in [6.07, 6.45) is 0. The summed E-state index contributed by atoms with van der Waals surface area (Å²) in [6.45, 7) is 1.92. The van der Waals surface area contributed by atoms with Crippen LogP contribution >= 0.6 is 7.82 Å². The van der Waals surface area contributed by atoms with Gasteiger partial charge in [0.15, 0.2) is 0 Å². The average Bonchev–Trinajstić information content (AvgIpc) is 2.26. The Hall–Kier alpha value is -1.57. The van der Waals surface area contributed by atoms with E-state index in [4.69, 9.17) is 4.52 Å². The van der Waals surface area contributed by atoms with E-state index in [1.807, 2.05) is 21.1 Å². The zero-order valence-electron chi connectivity index (χ0n) is 12.6. The maximum Gasteiger partial charge on any atom is 0.592 e. The molecule has 0 atom stereocenters. The van der Waals surface area contributed by atoms with E-state index in [0.29, 0.717) is 11.0 Å². The number of phosphoric ester groups is 1. The summed E-state index contributed by atoms with van der Waals surface area (Å²) >= 11 is 0. The van der Waals surface area contributed by atoms with Gasteiger partial charge in [-0.15, -0.1) is 0 Å². The second kappa shape index (κ2) is 7.44. The third-order valence-electron chi connectivity index (χ3n) is 1.98. The van der Waals surface area contributed by atoms with Crippen molar-refractivity contribution in [3.8, 4) is 0 Å². The number of carbonyl (C=O) groups excluding carboxylic acids is 4. The third kappa shape index (κ3) is 8.34. The van der Waals surface area contributed by atoms with Crippen molar-refractivity contribution in [1.29, 1.82) is 0 Å². The molecule has 0 radical (unpaired) electrons.